The molecular formula is C19H11F3N2O5S3. The number of hydrogen-bond donors (Lipinski definition) is 0. The molecule has 1 aromatic heterocycles. The molecule has 0 bridgehead atoms. The number of alkyl halides is 3. The van der Waals surface area contributed by atoms with Crippen LogP contribution >= 0.6 is 11.7 Å². The Morgan fingerprint density at radius 1 is 0.750 bits per heavy atom. The quantitative estimate of drug-likeness (QED) is 0.394. The van der Waals surface area contributed by atoms with Crippen molar-refractivity contribution in [2.24, 2.45) is 0 Å². The van der Waals surface area contributed by atoms with Crippen molar-refractivity contribution in [2.75, 3.05) is 0 Å². The molecule has 0 spiro atoms. The van der Waals surface area contributed by atoms with Gasteiger partial charge in [0.05, 0.1) is 21.5 Å². The molecule has 0 fully saturated rings. The summed E-state index contributed by atoms with van der Waals surface area (Å²) in [5, 5.41) is 0. The smallest absolute Gasteiger partial charge is 0.457 e. The number of halogens is 3. The van der Waals surface area contributed by atoms with Gasteiger partial charge < -0.3 is 4.74 Å². The summed E-state index contributed by atoms with van der Waals surface area (Å²) >= 11 is 0.901. The maximum absolute atomic E-state index is 13.0. The van der Waals surface area contributed by atoms with E-state index in [4.69, 9.17) is 4.74 Å². The Labute approximate surface area is 184 Å². The van der Waals surface area contributed by atoms with Gasteiger partial charge in [-0.05, 0) is 60.7 Å². The number of rotatable bonds is 5. The van der Waals surface area contributed by atoms with Crippen molar-refractivity contribution in [3.8, 4) is 11.5 Å². The van der Waals surface area contributed by atoms with Crippen LogP contribution in [-0.4, -0.2) is 31.1 Å². The van der Waals surface area contributed by atoms with Crippen molar-refractivity contribution >= 4 is 42.4 Å². The van der Waals surface area contributed by atoms with Crippen LogP contribution in [-0.2, 0) is 19.7 Å². The van der Waals surface area contributed by atoms with Gasteiger partial charge in [0.15, 0.2) is 0 Å². The fourth-order valence-corrected chi connectivity index (χ4v) is 5.55. The number of nitrogens with zero attached hydrogens (tertiary/aromatic N) is 2. The summed E-state index contributed by atoms with van der Waals surface area (Å²) < 4.78 is 100. The van der Waals surface area contributed by atoms with Gasteiger partial charge in [-0.3, -0.25) is 0 Å². The minimum atomic E-state index is -5.46. The first-order valence-electron chi connectivity index (χ1n) is 8.66. The van der Waals surface area contributed by atoms with Crippen molar-refractivity contribution in [2.45, 2.75) is 20.2 Å². The molecular weight excluding hydrogens is 489 g/mol. The molecule has 4 aromatic rings. The lowest BCUT2D eigenvalue weighted by molar-refractivity contribution is -0.0436. The molecule has 166 valence electrons. The largest absolute Gasteiger partial charge is 0.501 e. The van der Waals surface area contributed by atoms with Crippen LogP contribution in [0.1, 0.15) is 0 Å². The number of hydrogen-bond acceptors (Lipinski definition) is 8. The molecule has 32 heavy (non-hydrogen) atoms. The zero-order valence-corrected chi connectivity index (χ0v) is 18.1. The molecule has 0 radical (unpaired) electrons. The molecule has 0 aliphatic heterocycles. The van der Waals surface area contributed by atoms with E-state index in [2.05, 4.69) is 8.75 Å². The van der Waals surface area contributed by atoms with Crippen LogP contribution < -0.4 is 4.74 Å². The molecule has 3 aromatic carbocycles. The van der Waals surface area contributed by atoms with Gasteiger partial charge in [0.2, 0.25) is 9.84 Å². The maximum Gasteiger partial charge on any atom is 0.501 e. The van der Waals surface area contributed by atoms with Gasteiger partial charge in [0, 0.05) is 0 Å². The third-order valence-electron chi connectivity index (χ3n) is 4.35. The highest BCUT2D eigenvalue weighted by molar-refractivity contribution is 7.92. The van der Waals surface area contributed by atoms with E-state index >= 15 is 0 Å². The Hall–Kier alpha value is -3.03. The van der Waals surface area contributed by atoms with Gasteiger partial charge in [-0.2, -0.15) is 21.9 Å². The molecule has 0 atom stereocenters. The fourth-order valence-electron chi connectivity index (χ4n) is 2.77. The monoisotopic (exact) mass is 500 g/mol. The summed E-state index contributed by atoms with van der Waals surface area (Å²) in [6.45, 7) is 0. The molecule has 7 nitrogen and oxygen atoms in total. The first-order chi connectivity index (χ1) is 15.0. The summed E-state index contributed by atoms with van der Waals surface area (Å²) in [4.78, 5) is -0.916. The molecule has 0 unspecified atom stereocenters. The minimum absolute atomic E-state index is 0.0129. The highest BCUT2D eigenvalue weighted by Gasteiger charge is 2.46. The van der Waals surface area contributed by atoms with Crippen LogP contribution in [0.5, 0.6) is 11.5 Å². The molecule has 0 aliphatic rings. The van der Waals surface area contributed by atoms with Gasteiger partial charge in [-0.25, -0.2) is 16.8 Å². The number of ether oxygens (including phenoxy) is 1. The van der Waals surface area contributed by atoms with Gasteiger partial charge in [-0.1, -0.05) is 6.07 Å². The van der Waals surface area contributed by atoms with E-state index in [9.17, 15) is 30.0 Å². The SMILES string of the molecule is O=S(=O)(c1ccc(Oc2ccc(S(=O)(=O)C(F)(F)F)cc2)cc1)c1cccc2nsnc12. The van der Waals surface area contributed by atoms with E-state index in [1.807, 2.05) is 0 Å². The van der Waals surface area contributed by atoms with Gasteiger partial charge in [-0.15, -0.1) is 0 Å². The summed E-state index contributed by atoms with van der Waals surface area (Å²) in [5.41, 5.74) is -4.67. The number of aromatic nitrogens is 2. The molecule has 0 aliphatic carbocycles. The Morgan fingerprint density at radius 2 is 1.31 bits per heavy atom. The maximum atomic E-state index is 13.0. The van der Waals surface area contributed by atoms with Crippen molar-refractivity contribution in [1.29, 1.82) is 0 Å². The Kier molecular flexibility index (Phi) is 5.43. The van der Waals surface area contributed by atoms with E-state index in [0.717, 1.165) is 36.0 Å². The highest BCUT2D eigenvalue weighted by Crippen LogP contribution is 2.32. The van der Waals surface area contributed by atoms with Gasteiger partial charge in [0.25, 0.3) is 9.84 Å². The standard InChI is InChI=1S/C19H11F3N2O5S3/c20-19(21,22)32(27,28)15-10-6-13(7-11-15)29-12-4-8-14(9-5-12)31(25,26)17-3-1-2-16-18(17)24-30-23-16/h1-11H. The van der Waals surface area contributed by atoms with Crippen molar-refractivity contribution in [3.63, 3.8) is 0 Å². The van der Waals surface area contributed by atoms with Crippen LogP contribution in [0.25, 0.3) is 11.0 Å². The molecule has 13 heteroatoms. The van der Waals surface area contributed by atoms with Crippen LogP contribution in [0.15, 0.2) is 81.4 Å². The van der Waals surface area contributed by atoms with Crippen LogP contribution in [0.3, 0.4) is 0 Å². The summed E-state index contributed by atoms with van der Waals surface area (Å²) in [6, 6.07) is 13.7. The summed E-state index contributed by atoms with van der Waals surface area (Å²) in [5.74, 6) is 0.268. The second kappa shape index (κ2) is 7.83. The Morgan fingerprint density at radius 3 is 1.88 bits per heavy atom. The molecule has 0 N–H and O–H groups in total. The third-order valence-corrected chi connectivity index (χ3v) is 8.19. The second-order valence-electron chi connectivity index (χ2n) is 6.39. The molecule has 1 heterocycles. The third kappa shape index (κ3) is 3.94. The lowest BCUT2D eigenvalue weighted by Crippen LogP contribution is -2.23. The first kappa shape index (κ1) is 22.2. The van der Waals surface area contributed by atoms with Crippen LogP contribution in [0.2, 0.25) is 0 Å². The Balaban J connectivity index is 1.56. The molecule has 0 amide bonds. The predicted octanol–water partition coefficient (Wildman–Crippen LogP) is 4.61. The van der Waals surface area contributed by atoms with E-state index in [0.29, 0.717) is 5.52 Å². The lowest BCUT2D eigenvalue weighted by atomic mass is 10.3. The van der Waals surface area contributed by atoms with Crippen molar-refractivity contribution < 1.29 is 34.7 Å². The number of sulfone groups is 2. The van der Waals surface area contributed by atoms with Gasteiger partial charge >= 0.3 is 5.51 Å². The Bertz CT molecular complexity index is 1500. The minimum Gasteiger partial charge on any atom is -0.457 e. The summed E-state index contributed by atoms with van der Waals surface area (Å²) in [6.07, 6.45) is 0. The second-order valence-corrected chi connectivity index (χ2v) is 10.8. The predicted molar refractivity (Wildman–Crippen MR) is 109 cm³/mol. The number of fused-ring (bicyclic) bond motifs is 1. The average molecular weight is 501 g/mol. The van der Waals surface area contributed by atoms with Gasteiger partial charge in [0.1, 0.15) is 27.4 Å². The zero-order chi connectivity index (χ0) is 23.1. The highest BCUT2D eigenvalue weighted by atomic mass is 32.2. The average Bonchev–Trinajstić information content (AvgIpc) is 3.22. The van der Waals surface area contributed by atoms with Crippen molar-refractivity contribution in [3.05, 3.63) is 66.7 Å². The molecule has 0 saturated heterocycles. The van der Waals surface area contributed by atoms with E-state index < -0.39 is 30.1 Å². The van der Waals surface area contributed by atoms with E-state index in [-0.39, 0.29) is 26.8 Å². The number of benzene rings is 3. The normalized spacial score (nSPS) is 12.7. The molecule has 0 saturated carbocycles. The molecule has 4 rings (SSSR count). The summed E-state index contributed by atoms with van der Waals surface area (Å²) in [7, 11) is -9.34. The zero-order valence-electron chi connectivity index (χ0n) is 15.6. The topological polar surface area (TPSA) is 103 Å². The first-order valence-corrected chi connectivity index (χ1v) is 12.4. The lowest BCUT2D eigenvalue weighted by Gasteiger charge is -2.10. The van der Waals surface area contributed by atoms with E-state index in [1.54, 1.807) is 12.1 Å². The van der Waals surface area contributed by atoms with Crippen LogP contribution in [0, 0.1) is 0 Å². The van der Waals surface area contributed by atoms with E-state index in [1.165, 1.54) is 30.3 Å². The van der Waals surface area contributed by atoms with Crippen LogP contribution in [0.4, 0.5) is 13.2 Å². The fraction of sp³-hybridized carbons (Fsp3) is 0.0526. The van der Waals surface area contributed by atoms with Crippen molar-refractivity contribution in [1.82, 2.24) is 8.75 Å².